The summed E-state index contributed by atoms with van der Waals surface area (Å²) in [5, 5.41) is 5.60. The first-order valence-electron chi connectivity index (χ1n) is 5.46. The van der Waals surface area contributed by atoms with Crippen molar-refractivity contribution in [1.82, 2.24) is 9.97 Å². The van der Waals surface area contributed by atoms with Crippen molar-refractivity contribution in [2.24, 2.45) is 0 Å². The maximum atomic E-state index is 12.0. The van der Waals surface area contributed by atoms with Crippen molar-refractivity contribution < 1.29 is 14.3 Å². The maximum Gasteiger partial charge on any atom is 0.332 e. The topological polar surface area (TPSA) is 96.5 Å². The molecule has 0 fully saturated rings. The molecule has 2 N–H and O–H groups in total. The molecule has 1 aliphatic heterocycles. The fourth-order valence-electron chi connectivity index (χ4n) is 1.59. The number of fused-ring (bicyclic) bond motifs is 1. The van der Waals surface area contributed by atoms with Gasteiger partial charge in [-0.2, -0.15) is 4.98 Å². The van der Waals surface area contributed by atoms with E-state index < -0.39 is 5.97 Å². The fourth-order valence-corrected chi connectivity index (χ4v) is 1.59. The molecule has 0 unspecified atom stereocenters. The molecule has 0 bridgehead atoms. The lowest BCUT2D eigenvalue weighted by molar-refractivity contribution is -0.135. The SMILES string of the molecule is CNc1ncc2c(n1)N(C)C(=O)C(=CC(=O)OC)N2. The number of esters is 1. The Morgan fingerprint density at radius 3 is 2.95 bits per heavy atom. The fraction of sp³-hybridized carbons (Fsp3) is 0.273. The Bertz CT molecular complexity index is 569. The van der Waals surface area contributed by atoms with Gasteiger partial charge in [0, 0.05) is 14.1 Å². The van der Waals surface area contributed by atoms with E-state index in [0.717, 1.165) is 6.08 Å². The molecule has 1 aromatic heterocycles. The lowest BCUT2D eigenvalue weighted by atomic mass is 10.2. The minimum atomic E-state index is -0.611. The van der Waals surface area contributed by atoms with Crippen LogP contribution in [-0.4, -0.2) is 43.0 Å². The molecule has 0 radical (unpaired) electrons. The normalized spacial score (nSPS) is 15.8. The first kappa shape index (κ1) is 12.8. The minimum absolute atomic E-state index is 0.114. The van der Waals surface area contributed by atoms with Crippen LogP contribution >= 0.6 is 0 Å². The van der Waals surface area contributed by atoms with Crippen molar-refractivity contribution in [2.75, 3.05) is 36.7 Å². The van der Waals surface area contributed by atoms with Gasteiger partial charge in [0.15, 0.2) is 5.82 Å². The van der Waals surface area contributed by atoms with Crippen molar-refractivity contribution in [2.45, 2.75) is 0 Å². The van der Waals surface area contributed by atoms with Crippen LogP contribution in [0.4, 0.5) is 17.5 Å². The second-order valence-corrected chi connectivity index (χ2v) is 3.75. The number of rotatable bonds is 2. The Kier molecular flexibility index (Phi) is 3.32. The number of carbonyl (C=O) groups is 2. The average Bonchev–Trinajstić information content (AvgIpc) is 2.44. The van der Waals surface area contributed by atoms with Gasteiger partial charge in [-0.25, -0.2) is 9.78 Å². The van der Waals surface area contributed by atoms with Gasteiger partial charge >= 0.3 is 5.97 Å². The predicted octanol–water partition coefficient (Wildman–Crippen LogP) is -0.0365. The third-order valence-corrected chi connectivity index (χ3v) is 2.58. The molecule has 100 valence electrons. The highest BCUT2D eigenvalue weighted by Gasteiger charge is 2.28. The molecule has 2 rings (SSSR count). The third kappa shape index (κ3) is 2.32. The van der Waals surface area contributed by atoms with E-state index in [1.165, 1.54) is 18.2 Å². The number of nitrogens with zero attached hydrogens (tertiary/aromatic N) is 3. The molecular formula is C11H13N5O3. The van der Waals surface area contributed by atoms with Crippen LogP contribution in [0.1, 0.15) is 0 Å². The Morgan fingerprint density at radius 2 is 2.32 bits per heavy atom. The lowest BCUT2D eigenvalue weighted by Crippen LogP contribution is -2.36. The molecular weight excluding hydrogens is 250 g/mol. The third-order valence-electron chi connectivity index (χ3n) is 2.58. The van der Waals surface area contributed by atoms with E-state index in [1.54, 1.807) is 14.1 Å². The molecule has 8 nitrogen and oxygen atoms in total. The smallest absolute Gasteiger partial charge is 0.332 e. The Morgan fingerprint density at radius 1 is 1.58 bits per heavy atom. The monoisotopic (exact) mass is 263 g/mol. The number of hydrogen-bond acceptors (Lipinski definition) is 7. The van der Waals surface area contributed by atoms with Crippen LogP contribution in [0.5, 0.6) is 0 Å². The van der Waals surface area contributed by atoms with Gasteiger partial charge in [-0.15, -0.1) is 0 Å². The van der Waals surface area contributed by atoms with Gasteiger partial charge in [0.1, 0.15) is 11.4 Å². The van der Waals surface area contributed by atoms with Crippen molar-refractivity contribution >= 4 is 29.3 Å². The van der Waals surface area contributed by atoms with Crippen molar-refractivity contribution in [1.29, 1.82) is 0 Å². The molecule has 1 amide bonds. The van der Waals surface area contributed by atoms with E-state index in [1.807, 2.05) is 0 Å². The molecule has 8 heteroatoms. The van der Waals surface area contributed by atoms with E-state index in [-0.39, 0.29) is 11.6 Å². The summed E-state index contributed by atoms with van der Waals surface area (Å²) in [5.74, 6) is -0.147. The van der Waals surface area contributed by atoms with Gasteiger partial charge in [0.05, 0.1) is 19.4 Å². The van der Waals surface area contributed by atoms with Crippen LogP contribution in [0.15, 0.2) is 18.0 Å². The predicted molar refractivity (Wildman–Crippen MR) is 68.7 cm³/mol. The van der Waals surface area contributed by atoms with E-state index >= 15 is 0 Å². The van der Waals surface area contributed by atoms with Crippen LogP contribution in [0.25, 0.3) is 0 Å². The first-order chi connectivity index (χ1) is 9.06. The summed E-state index contributed by atoms with van der Waals surface area (Å²) in [5.41, 5.74) is 0.652. The van der Waals surface area contributed by atoms with Crippen LogP contribution < -0.4 is 15.5 Å². The zero-order chi connectivity index (χ0) is 14.0. The van der Waals surface area contributed by atoms with E-state index in [0.29, 0.717) is 17.5 Å². The maximum absolute atomic E-state index is 12.0. The molecule has 0 aromatic carbocycles. The Balaban J connectivity index is 2.42. The zero-order valence-corrected chi connectivity index (χ0v) is 10.7. The summed E-state index contributed by atoms with van der Waals surface area (Å²) in [6.45, 7) is 0. The van der Waals surface area contributed by atoms with Gasteiger partial charge in [-0.05, 0) is 0 Å². The number of anilines is 3. The Hall–Kier alpha value is -2.64. The average molecular weight is 263 g/mol. The molecule has 19 heavy (non-hydrogen) atoms. The van der Waals surface area contributed by atoms with E-state index in [2.05, 4.69) is 25.3 Å². The first-order valence-corrected chi connectivity index (χ1v) is 5.46. The molecule has 1 aromatic rings. The van der Waals surface area contributed by atoms with Crippen LogP contribution in [0, 0.1) is 0 Å². The quantitative estimate of drug-likeness (QED) is 0.571. The van der Waals surface area contributed by atoms with Crippen molar-refractivity contribution in [3.63, 3.8) is 0 Å². The summed E-state index contributed by atoms with van der Waals surface area (Å²) in [4.78, 5) is 32.8. The van der Waals surface area contributed by atoms with Crippen molar-refractivity contribution in [3.8, 4) is 0 Å². The molecule has 0 spiro atoms. The number of likely N-dealkylation sites (N-methyl/N-ethyl adjacent to an activating group) is 1. The Labute approximate surface area is 109 Å². The highest BCUT2D eigenvalue weighted by atomic mass is 16.5. The molecule has 0 saturated carbocycles. The second kappa shape index (κ2) is 4.92. The second-order valence-electron chi connectivity index (χ2n) is 3.75. The number of methoxy groups -OCH3 is 1. The van der Waals surface area contributed by atoms with E-state index in [9.17, 15) is 9.59 Å². The van der Waals surface area contributed by atoms with Crippen LogP contribution in [0.2, 0.25) is 0 Å². The summed E-state index contributed by atoms with van der Waals surface area (Å²) < 4.78 is 4.49. The van der Waals surface area contributed by atoms with Gasteiger partial charge in [0.2, 0.25) is 5.95 Å². The van der Waals surface area contributed by atoms with Crippen LogP contribution in [0.3, 0.4) is 0 Å². The molecule has 1 aliphatic rings. The number of aromatic nitrogens is 2. The number of nitrogens with one attached hydrogen (secondary N) is 2. The molecule has 2 heterocycles. The van der Waals surface area contributed by atoms with Gasteiger partial charge in [0.25, 0.3) is 5.91 Å². The molecule has 0 atom stereocenters. The summed E-state index contributed by atoms with van der Waals surface area (Å²) in [7, 11) is 4.49. The summed E-state index contributed by atoms with van der Waals surface area (Å²) >= 11 is 0. The standard InChI is InChI=1S/C11H13N5O3/c1-12-11-13-5-7-9(15-11)16(2)10(18)6(14-7)4-8(17)19-3/h4-5,14H,1-3H3,(H,12,13,15). The number of amides is 1. The molecule has 0 aliphatic carbocycles. The number of hydrogen-bond donors (Lipinski definition) is 2. The highest BCUT2D eigenvalue weighted by molar-refractivity contribution is 6.13. The number of ether oxygens (including phenoxy) is 1. The zero-order valence-electron chi connectivity index (χ0n) is 10.7. The van der Waals surface area contributed by atoms with Gasteiger partial charge in [-0.1, -0.05) is 0 Å². The summed E-state index contributed by atoms with van der Waals surface area (Å²) in [6.07, 6.45) is 2.62. The van der Waals surface area contributed by atoms with Crippen LogP contribution in [-0.2, 0) is 14.3 Å². The number of carbonyl (C=O) groups excluding carboxylic acids is 2. The largest absolute Gasteiger partial charge is 0.466 e. The van der Waals surface area contributed by atoms with Crippen molar-refractivity contribution in [3.05, 3.63) is 18.0 Å². The highest BCUT2D eigenvalue weighted by Crippen LogP contribution is 2.29. The van der Waals surface area contributed by atoms with Gasteiger partial charge in [-0.3, -0.25) is 9.69 Å². The lowest BCUT2D eigenvalue weighted by Gasteiger charge is -2.27. The molecule has 0 saturated heterocycles. The minimum Gasteiger partial charge on any atom is -0.466 e. The van der Waals surface area contributed by atoms with E-state index in [4.69, 9.17) is 0 Å². The summed E-state index contributed by atoms with van der Waals surface area (Å²) in [6, 6.07) is 0. The van der Waals surface area contributed by atoms with Gasteiger partial charge < -0.3 is 15.4 Å².